The Labute approximate surface area is 138 Å². The molecule has 1 saturated carbocycles. The van der Waals surface area contributed by atoms with Crippen molar-refractivity contribution in [3.63, 3.8) is 0 Å². The van der Waals surface area contributed by atoms with Gasteiger partial charge in [-0.1, -0.05) is 0 Å². The third-order valence-corrected chi connectivity index (χ3v) is 5.12. The zero-order valence-electron chi connectivity index (χ0n) is 13.2. The van der Waals surface area contributed by atoms with Gasteiger partial charge in [-0.15, -0.1) is 0 Å². The number of anilines is 1. The van der Waals surface area contributed by atoms with Crippen LogP contribution in [0.1, 0.15) is 18.9 Å². The van der Waals surface area contributed by atoms with Crippen molar-refractivity contribution < 1.29 is 15.3 Å². The summed E-state index contributed by atoms with van der Waals surface area (Å²) in [6.45, 7) is 1.71. The van der Waals surface area contributed by atoms with Crippen molar-refractivity contribution in [1.29, 1.82) is 0 Å². The second-order valence-electron chi connectivity index (χ2n) is 6.61. The lowest BCUT2D eigenvalue weighted by Gasteiger charge is -2.18. The predicted molar refractivity (Wildman–Crippen MR) is 86.5 cm³/mol. The Kier molecular flexibility index (Phi) is 4.09. The van der Waals surface area contributed by atoms with Crippen LogP contribution in [0.25, 0.3) is 11.2 Å². The highest BCUT2D eigenvalue weighted by atomic mass is 16.3. The molecule has 4 rings (SSSR count). The van der Waals surface area contributed by atoms with E-state index >= 15 is 0 Å². The van der Waals surface area contributed by atoms with E-state index in [9.17, 15) is 15.3 Å². The van der Waals surface area contributed by atoms with Gasteiger partial charge in [0.2, 0.25) is 0 Å². The first-order chi connectivity index (χ1) is 11.7. The Morgan fingerprint density at radius 3 is 2.83 bits per heavy atom. The van der Waals surface area contributed by atoms with Crippen molar-refractivity contribution in [2.45, 2.75) is 37.1 Å². The van der Waals surface area contributed by atoms with Crippen LogP contribution in [0.15, 0.2) is 12.7 Å². The molecule has 2 fully saturated rings. The van der Waals surface area contributed by atoms with Crippen LogP contribution >= 0.6 is 0 Å². The average molecular weight is 334 g/mol. The highest BCUT2D eigenvalue weighted by Gasteiger charge is 2.42. The molecule has 9 nitrogen and oxygen atoms in total. The number of hydrogen-bond donors (Lipinski definition) is 5. The molecule has 130 valence electrons. The summed E-state index contributed by atoms with van der Waals surface area (Å²) in [4.78, 5) is 13.0. The summed E-state index contributed by atoms with van der Waals surface area (Å²) in [6, 6.07) is -0.0519. The van der Waals surface area contributed by atoms with Gasteiger partial charge in [0.1, 0.15) is 17.9 Å². The topological polar surface area (TPSA) is 128 Å². The molecule has 1 aliphatic heterocycles. The summed E-state index contributed by atoms with van der Waals surface area (Å²) in [7, 11) is 0. The molecular weight excluding hydrogens is 312 g/mol. The highest BCUT2D eigenvalue weighted by Crippen LogP contribution is 2.37. The van der Waals surface area contributed by atoms with E-state index in [0.717, 1.165) is 19.5 Å². The Balaban J connectivity index is 1.65. The molecule has 24 heavy (non-hydrogen) atoms. The Morgan fingerprint density at radius 1 is 1.25 bits per heavy atom. The van der Waals surface area contributed by atoms with Gasteiger partial charge in [0, 0.05) is 25.1 Å². The first kappa shape index (κ1) is 15.7. The van der Waals surface area contributed by atoms with E-state index in [1.54, 1.807) is 10.9 Å². The van der Waals surface area contributed by atoms with Crippen LogP contribution in [-0.4, -0.2) is 72.8 Å². The zero-order chi connectivity index (χ0) is 16.7. The number of nitrogens with zero attached hydrogens (tertiary/aromatic N) is 4. The van der Waals surface area contributed by atoms with Gasteiger partial charge in [0.25, 0.3) is 0 Å². The van der Waals surface area contributed by atoms with Crippen molar-refractivity contribution >= 4 is 17.0 Å². The first-order valence-corrected chi connectivity index (χ1v) is 8.31. The third kappa shape index (κ3) is 2.53. The summed E-state index contributed by atoms with van der Waals surface area (Å²) in [5, 5.41) is 36.4. The Hall–Kier alpha value is -1.81. The van der Waals surface area contributed by atoms with Crippen LogP contribution in [0.2, 0.25) is 0 Å². The molecule has 2 aromatic heterocycles. The van der Waals surface area contributed by atoms with Crippen LogP contribution in [0.3, 0.4) is 0 Å². The second kappa shape index (κ2) is 6.25. The van der Waals surface area contributed by atoms with Crippen LogP contribution in [0, 0.1) is 5.92 Å². The van der Waals surface area contributed by atoms with E-state index in [1.807, 2.05) is 0 Å². The lowest BCUT2D eigenvalue weighted by Crippen LogP contribution is -2.30. The van der Waals surface area contributed by atoms with Crippen LogP contribution < -0.4 is 10.6 Å². The molecule has 9 heteroatoms. The zero-order valence-corrected chi connectivity index (χ0v) is 13.2. The van der Waals surface area contributed by atoms with Gasteiger partial charge in [-0.25, -0.2) is 15.0 Å². The normalized spacial score (nSPS) is 33.4. The van der Waals surface area contributed by atoms with E-state index in [2.05, 4.69) is 25.6 Å². The lowest BCUT2D eigenvalue weighted by molar-refractivity contribution is -0.00370. The average Bonchev–Trinajstić information content (AvgIpc) is 3.30. The number of imidazole rings is 1. The molecule has 5 atom stereocenters. The fourth-order valence-electron chi connectivity index (χ4n) is 3.73. The molecule has 0 spiro atoms. The smallest absolute Gasteiger partial charge is 0.165 e. The molecule has 1 saturated heterocycles. The second-order valence-corrected chi connectivity index (χ2v) is 6.61. The van der Waals surface area contributed by atoms with Crippen molar-refractivity contribution in [2.75, 3.05) is 25.0 Å². The fourth-order valence-corrected chi connectivity index (χ4v) is 3.73. The van der Waals surface area contributed by atoms with E-state index in [0.29, 0.717) is 29.4 Å². The number of aromatic nitrogens is 4. The van der Waals surface area contributed by atoms with Gasteiger partial charge < -0.3 is 30.5 Å². The van der Waals surface area contributed by atoms with E-state index < -0.39 is 12.2 Å². The maximum absolute atomic E-state index is 10.3. The molecule has 0 radical (unpaired) electrons. The predicted octanol–water partition coefficient (Wildman–Crippen LogP) is -1.12. The SMILES string of the molecule is OC[C@H]1C[C@@H](n2cnc3c(N[C@@H]4CCNC4)ncnc32)[C@H](O)[C@@H]1O. The van der Waals surface area contributed by atoms with Gasteiger partial charge in [-0.05, 0) is 19.4 Å². The minimum Gasteiger partial charge on any atom is -0.396 e. The summed E-state index contributed by atoms with van der Waals surface area (Å²) in [6.07, 6.45) is 2.71. The van der Waals surface area contributed by atoms with Crippen molar-refractivity contribution in [2.24, 2.45) is 5.92 Å². The molecule has 0 bridgehead atoms. The molecule has 0 amide bonds. The monoisotopic (exact) mass is 334 g/mol. The standard InChI is InChI=1S/C15H22N6O3/c22-5-8-3-10(13(24)12(8)23)21-7-19-11-14(17-6-18-15(11)21)20-9-1-2-16-4-9/h6-10,12-13,16,22-24H,1-5H2,(H,17,18,20)/t8-,9-,10-,12-,13+/m1/s1. The number of fused-ring (bicyclic) bond motifs is 1. The lowest BCUT2D eigenvalue weighted by atomic mass is 10.1. The number of nitrogens with one attached hydrogen (secondary N) is 2. The van der Waals surface area contributed by atoms with Gasteiger partial charge in [0.05, 0.1) is 18.5 Å². The molecule has 3 heterocycles. The van der Waals surface area contributed by atoms with Crippen molar-refractivity contribution in [1.82, 2.24) is 24.8 Å². The number of aliphatic hydroxyl groups is 3. The molecule has 5 N–H and O–H groups in total. The van der Waals surface area contributed by atoms with Crippen LogP contribution in [0.4, 0.5) is 5.82 Å². The van der Waals surface area contributed by atoms with E-state index in [4.69, 9.17) is 0 Å². The quantitative estimate of drug-likeness (QED) is 0.475. The van der Waals surface area contributed by atoms with E-state index in [-0.39, 0.29) is 18.6 Å². The largest absolute Gasteiger partial charge is 0.396 e. The summed E-state index contributed by atoms with van der Waals surface area (Å²) >= 11 is 0. The van der Waals surface area contributed by atoms with Crippen LogP contribution in [-0.2, 0) is 0 Å². The van der Waals surface area contributed by atoms with Gasteiger partial charge in [-0.3, -0.25) is 0 Å². The van der Waals surface area contributed by atoms with Gasteiger partial charge in [-0.2, -0.15) is 0 Å². The highest BCUT2D eigenvalue weighted by molar-refractivity contribution is 5.82. The Morgan fingerprint density at radius 2 is 2.12 bits per heavy atom. The Bertz CT molecular complexity index is 716. The summed E-state index contributed by atoms with van der Waals surface area (Å²) in [5.74, 6) is 0.339. The van der Waals surface area contributed by atoms with Crippen LogP contribution in [0.5, 0.6) is 0 Å². The molecule has 1 aliphatic carbocycles. The molecule has 2 aliphatic rings. The molecular formula is C15H22N6O3. The fraction of sp³-hybridized carbons (Fsp3) is 0.667. The van der Waals surface area contributed by atoms with Crippen molar-refractivity contribution in [3.8, 4) is 0 Å². The third-order valence-electron chi connectivity index (χ3n) is 5.12. The van der Waals surface area contributed by atoms with E-state index in [1.165, 1.54) is 6.33 Å². The summed E-state index contributed by atoms with van der Waals surface area (Å²) in [5.41, 5.74) is 1.27. The minimum absolute atomic E-state index is 0.155. The number of aliphatic hydroxyl groups excluding tert-OH is 3. The summed E-state index contributed by atoms with van der Waals surface area (Å²) < 4.78 is 1.78. The molecule has 0 unspecified atom stereocenters. The first-order valence-electron chi connectivity index (χ1n) is 8.31. The minimum atomic E-state index is -0.954. The maximum Gasteiger partial charge on any atom is 0.165 e. The number of rotatable bonds is 4. The molecule has 2 aromatic rings. The van der Waals surface area contributed by atoms with Gasteiger partial charge >= 0.3 is 0 Å². The van der Waals surface area contributed by atoms with Gasteiger partial charge in [0.15, 0.2) is 11.5 Å². The van der Waals surface area contributed by atoms with Crippen molar-refractivity contribution in [3.05, 3.63) is 12.7 Å². The maximum atomic E-state index is 10.3. The molecule has 0 aromatic carbocycles. The number of hydrogen-bond acceptors (Lipinski definition) is 8.